The van der Waals surface area contributed by atoms with Gasteiger partial charge in [0, 0.05) is 22.6 Å². The zero-order valence-electron chi connectivity index (χ0n) is 7.70. The van der Waals surface area contributed by atoms with E-state index in [0.29, 0.717) is 4.70 Å². The highest BCUT2D eigenvalue weighted by atomic mass is 32.2. The van der Waals surface area contributed by atoms with Gasteiger partial charge in [-0.3, -0.25) is 4.79 Å². The Morgan fingerprint density at radius 2 is 2.14 bits per heavy atom. The first-order chi connectivity index (χ1) is 6.54. The monoisotopic (exact) mass is 213 g/mol. The van der Waals surface area contributed by atoms with Crippen molar-refractivity contribution in [1.82, 2.24) is 3.96 Å². The van der Waals surface area contributed by atoms with Gasteiger partial charge in [-0.15, -0.1) is 3.96 Å². The third-order valence-corrected chi connectivity index (χ3v) is 3.68. The van der Waals surface area contributed by atoms with Crippen molar-refractivity contribution in [1.29, 1.82) is 0 Å². The van der Waals surface area contributed by atoms with E-state index in [9.17, 15) is 13.7 Å². The molecule has 14 heavy (non-hydrogen) atoms. The molecule has 1 atom stereocenters. The van der Waals surface area contributed by atoms with Gasteiger partial charge in [-0.2, -0.15) is 0 Å². The molecule has 0 aliphatic rings. The Labute approximate surface area is 82.4 Å². The molecule has 0 aliphatic heterocycles. The Morgan fingerprint density at radius 3 is 2.79 bits per heavy atom. The van der Waals surface area contributed by atoms with E-state index in [1.165, 1.54) is 26.1 Å². The molecule has 5 heteroatoms. The van der Waals surface area contributed by atoms with Crippen LogP contribution in [0.15, 0.2) is 16.9 Å². The van der Waals surface area contributed by atoms with Crippen molar-refractivity contribution in [2.75, 3.05) is 0 Å². The van der Waals surface area contributed by atoms with Crippen LogP contribution in [0.4, 0.5) is 4.39 Å². The molecule has 2 aromatic rings. The fraction of sp³-hybridized carbons (Fsp3) is 0.222. The molecule has 0 saturated carbocycles. The molecule has 0 spiro atoms. The van der Waals surface area contributed by atoms with Crippen LogP contribution >= 0.6 is 10.9 Å². The number of rotatable bonds is 0. The number of hydrogen-bond donors (Lipinski definition) is 0. The lowest BCUT2D eigenvalue weighted by Gasteiger charge is -1.94. The van der Waals surface area contributed by atoms with E-state index >= 15 is 0 Å². The Kier molecular flexibility index (Phi) is 1.94. The van der Waals surface area contributed by atoms with Crippen molar-refractivity contribution in [3.8, 4) is 0 Å². The van der Waals surface area contributed by atoms with Crippen LogP contribution in [0.3, 0.4) is 0 Å². The molecule has 74 valence electrons. The van der Waals surface area contributed by atoms with E-state index in [-0.39, 0.29) is 16.5 Å². The predicted molar refractivity (Wildman–Crippen MR) is 52.5 cm³/mol. The predicted octanol–water partition coefficient (Wildman–Crippen LogP) is 1.71. The van der Waals surface area contributed by atoms with Gasteiger partial charge in [-0.05, 0) is 13.0 Å². The second-order valence-corrected chi connectivity index (χ2v) is 4.58. The fourth-order valence-corrected chi connectivity index (χ4v) is 2.59. The standard InChI is InChI=1S/C9H8FNO2S/c1-5-6(10)3-4-7-8(5)9(12)11(2)14(7)13/h3-4H,1-2H3. The number of benzene rings is 1. The highest BCUT2D eigenvalue weighted by Crippen LogP contribution is 2.27. The van der Waals surface area contributed by atoms with Gasteiger partial charge in [0.15, 0.2) is 0 Å². The van der Waals surface area contributed by atoms with Gasteiger partial charge in [-0.25, -0.2) is 4.39 Å². The molecule has 1 heterocycles. The molecule has 0 saturated heterocycles. The SMILES string of the molecule is Cc1c(F)ccc2c1c(=O)n(C)[s+]2[O-]. The molecule has 0 fully saturated rings. The summed E-state index contributed by atoms with van der Waals surface area (Å²) in [4.78, 5) is 11.5. The maximum Gasteiger partial charge on any atom is 0.304 e. The maximum atomic E-state index is 13.1. The van der Waals surface area contributed by atoms with Crippen LogP contribution in [0.2, 0.25) is 0 Å². The number of halogens is 1. The molecular weight excluding hydrogens is 205 g/mol. The van der Waals surface area contributed by atoms with Crippen molar-refractivity contribution in [2.45, 2.75) is 6.92 Å². The summed E-state index contributed by atoms with van der Waals surface area (Å²) < 4.78 is 26.2. The molecule has 1 aromatic heterocycles. The maximum absolute atomic E-state index is 13.1. The van der Waals surface area contributed by atoms with Gasteiger partial charge >= 0.3 is 5.56 Å². The third kappa shape index (κ3) is 1.03. The largest absolute Gasteiger partial charge is 0.570 e. The van der Waals surface area contributed by atoms with Gasteiger partial charge in [0.25, 0.3) is 0 Å². The molecular formula is C9H8FNO2S. The number of aryl methyl sites for hydroxylation is 1. The van der Waals surface area contributed by atoms with E-state index in [2.05, 4.69) is 0 Å². The zero-order valence-corrected chi connectivity index (χ0v) is 8.52. The smallest absolute Gasteiger partial charge is 0.304 e. The van der Waals surface area contributed by atoms with E-state index in [1.807, 2.05) is 0 Å². The highest BCUT2D eigenvalue weighted by Gasteiger charge is 2.18. The molecule has 0 radical (unpaired) electrons. The summed E-state index contributed by atoms with van der Waals surface area (Å²) in [5.41, 5.74) is -0.111. The minimum absolute atomic E-state index is 0.242. The normalized spacial score (nSPS) is 12.4. The van der Waals surface area contributed by atoms with Crippen LogP contribution in [-0.2, 0) is 7.05 Å². The zero-order chi connectivity index (χ0) is 10.5. The van der Waals surface area contributed by atoms with Crippen molar-refractivity contribution in [3.63, 3.8) is 0 Å². The first kappa shape index (κ1) is 9.36. The summed E-state index contributed by atoms with van der Waals surface area (Å²) in [6.07, 6.45) is 0. The first-order valence-electron chi connectivity index (χ1n) is 4.03. The van der Waals surface area contributed by atoms with Gasteiger partial charge in [-0.1, -0.05) is 0 Å². The Balaban J connectivity index is 3.11. The number of nitrogens with zero attached hydrogens (tertiary/aromatic N) is 1. The minimum Gasteiger partial charge on any atom is -0.570 e. The molecule has 2 rings (SSSR count). The van der Waals surface area contributed by atoms with Crippen LogP contribution in [0.1, 0.15) is 5.56 Å². The Hall–Kier alpha value is -1.20. The van der Waals surface area contributed by atoms with Crippen LogP contribution in [0.25, 0.3) is 10.1 Å². The second-order valence-electron chi connectivity index (χ2n) is 3.10. The number of hydrogen-bond acceptors (Lipinski definition) is 2. The van der Waals surface area contributed by atoms with E-state index in [1.54, 1.807) is 0 Å². The fourth-order valence-electron chi connectivity index (χ4n) is 1.45. The van der Waals surface area contributed by atoms with Crippen molar-refractivity contribution in [2.24, 2.45) is 7.05 Å². The summed E-state index contributed by atoms with van der Waals surface area (Å²) in [5, 5.41) is 0.242. The summed E-state index contributed by atoms with van der Waals surface area (Å²) in [6, 6.07) is 2.63. The minimum atomic E-state index is -1.47. The Bertz CT molecular complexity index is 570. The average molecular weight is 213 g/mol. The molecule has 1 aromatic carbocycles. The molecule has 1 unspecified atom stereocenters. The summed E-state index contributed by atoms with van der Waals surface area (Å²) in [7, 11) is -0.0338. The lowest BCUT2D eigenvalue weighted by atomic mass is 10.1. The molecule has 0 N–H and O–H groups in total. The molecule has 3 nitrogen and oxygen atoms in total. The van der Waals surface area contributed by atoms with Crippen molar-refractivity contribution >= 4 is 21.0 Å². The van der Waals surface area contributed by atoms with Gasteiger partial charge in [0.05, 0.1) is 7.05 Å². The van der Waals surface area contributed by atoms with E-state index < -0.39 is 16.8 Å². The van der Waals surface area contributed by atoms with Gasteiger partial charge in [0.1, 0.15) is 11.2 Å². The number of aromatic nitrogens is 1. The highest BCUT2D eigenvalue weighted by molar-refractivity contribution is 7.26. The molecule has 0 aliphatic carbocycles. The van der Waals surface area contributed by atoms with Gasteiger partial charge < -0.3 is 4.55 Å². The molecule has 0 amide bonds. The van der Waals surface area contributed by atoms with Crippen LogP contribution in [0, 0.1) is 12.7 Å². The quantitative estimate of drug-likeness (QED) is 0.625. The van der Waals surface area contributed by atoms with Crippen LogP contribution < -0.4 is 5.56 Å². The number of fused-ring (bicyclic) bond motifs is 1. The topological polar surface area (TPSA) is 45.1 Å². The summed E-state index contributed by atoms with van der Waals surface area (Å²) >= 11 is 0. The van der Waals surface area contributed by atoms with Crippen LogP contribution in [-0.4, -0.2) is 8.51 Å². The summed E-state index contributed by atoms with van der Waals surface area (Å²) in [6.45, 7) is 1.52. The van der Waals surface area contributed by atoms with Crippen molar-refractivity contribution in [3.05, 3.63) is 33.9 Å². The third-order valence-electron chi connectivity index (χ3n) is 2.30. The average Bonchev–Trinajstić information content (AvgIpc) is 2.38. The van der Waals surface area contributed by atoms with E-state index in [0.717, 1.165) is 3.96 Å². The Morgan fingerprint density at radius 1 is 1.50 bits per heavy atom. The second kappa shape index (κ2) is 2.90. The summed E-state index contributed by atoms with van der Waals surface area (Å²) in [5.74, 6) is -0.440. The van der Waals surface area contributed by atoms with Gasteiger partial charge in [0.2, 0.25) is 4.70 Å². The van der Waals surface area contributed by atoms with E-state index in [4.69, 9.17) is 0 Å². The first-order valence-corrected chi connectivity index (χ1v) is 5.13. The van der Waals surface area contributed by atoms with Crippen LogP contribution in [0.5, 0.6) is 0 Å². The lowest BCUT2D eigenvalue weighted by Crippen LogP contribution is -2.10. The lowest BCUT2D eigenvalue weighted by molar-refractivity contribution is 0.581. The molecule has 0 bridgehead atoms. The van der Waals surface area contributed by atoms with Crippen molar-refractivity contribution < 1.29 is 8.94 Å².